The lowest BCUT2D eigenvalue weighted by atomic mass is 10.1. The van der Waals surface area contributed by atoms with E-state index in [2.05, 4.69) is 20.0 Å². The molecule has 0 saturated heterocycles. The van der Waals surface area contributed by atoms with Gasteiger partial charge in [0.2, 0.25) is 5.89 Å². The zero-order chi connectivity index (χ0) is 19.6. The number of hydrogen-bond donors (Lipinski definition) is 2. The van der Waals surface area contributed by atoms with E-state index in [1.54, 1.807) is 24.3 Å². The molecule has 0 spiro atoms. The summed E-state index contributed by atoms with van der Waals surface area (Å²) in [6.45, 7) is 6.55. The lowest BCUT2D eigenvalue weighted by molar-refractivity contribution is 0.174. The smallest absolute Gasteiger partial charge is 0.388 e. The van der Waals surface area contributed by atoms with Crippen molar-refractivity contribution >= 4 is 29.0 Å². The first-order valence-electron chi connectivity index (χ1n) is 7.54. The molecule has 3 rings (SSSR count). The van der Waals surface area contributed by atoms with Crippen LogP contribution in [0.4, 0.5) is 5.82 Å². The van der Waals surface area contributed by atoms with Crippen LogP contribution in [0.5, 0.6) is 0 Å². The van der Waals surface area contributed by atoms with Crippen molar-refractivity contribution in [1.82, 2.24) is 19.7 Å². The Kier molecular flexibility index (Phi) is 5.41. The zero-order valence-corrected chi connectivity index (χ0v) is 15.0. The third-order valence-corrected chi connectivity index (χ3v) is 4.25. The minimum Gasteiger partial charge on any atom is -0.388 e. The number of aliphatic hydroxyl groups excluding tert-OH is 1. The number of hydrogen-bond acceptors (Lipinski definition) is 6. The molecule has 138 valence electrons. The summed E-state index contributed by atoms with van der Waals surface area (Å²) in [5.74, 6) is -0.159. The Morgan fingerprint density at radius 1 is 1.30 bits per heavy atom. The van der Waals surface area contributed by atoms with Crippen LogP contribution in [-0.4, -0.2) is 24.8 Å². The Morgan fingerprint density at radius 2 is 2.00 bits per heavy atom. The number of aromatic amines is 1. The summed E-state index contributed by atoms with van der Waals surface area (Å²) >= 11 is 11.6. The van der Waals surface area contributed by atoms with Crippen molar-refractivity contribution in [3.63, 3.8) is 0 Å². The van der Waals surface area contributed by atoms with E-state index >= 15 is 0 Å². The summed E-state index contributed by atoms with van der Waals surface area (Å²) in [7, 11) is 0. The van der Waals surface area contributed by atoms with E-state index in [4.69, 9.17) is 34.3 Å². The molecule has 2 aromatic heterocycles. The van der Waals surface area contributed by atoms with Crippen LogP contribution in [0.2, 0.25) is 10.0 Å². The van der Waals surface area contributed by atoms with Gasteiger partial charge in [-0.1, -0.05) is 47.1 Å². The molecular formula is C16H11Cl2N5O4. The van der Waals surface area contributed by atoms with Gasteiger partial charge in [0.1, 0.15) is 11.6 Å². The predicted octanol–water partition coefficient (Wildman–Crippen LogP) is 2.10. The van der Waals surface area contributed by atoms with E-state index in [1.165, 1.54) is 0 Å². The first kappa shape index (κ1) is 18.8. The molecule has 9 nitrogen and oxygen atoms in total. The molecule has 0 fully saturated rings. The Bertz CT molecular complexity index is 1130. The summed E-state index contributed by atoms with van der Waals surface area (Å²) < 4.78 is 5.76. The van der Waals surface area contributed by atoms with E-state index in [1.807, 2.05) is 0 Å². The zero-order valence-electron chi connectivity index (χ0n) is 13.5. The van der Waals surface area contributed by atoms with Gasteiger partial charge in [-0.3, -0.25) is 9.78 Å². The second-order valence-electron chi connectivity index (χ2n) is 5.47. The number of aliphatic hydroxyl groups is 1. The maximum absolute atomic E-state index is 12.1. The lowest BCUT2D eigenvalue weighted by Crippen LogP contribution is -2.35. The van der Waals surface area contributed by atoms with E-state index in [0.717, 1.165) is 4.57 Å². The van der Waals surface area contributed by atoms with Crippen LogP contribution in [0.15, 0.2) is 38.4 Å². The van der Waals surface area contributed by atoms with Crippen molar-refractivity contribution < 1.29 is 9.63 Å². The van der Waals surface area contributed by atoms with Gasteiger partial charge in [0, 0.05) is 11.4 Å². The van der Waals surface area contributed by atoms with Crippen LogP contribution < -0.4 is 11.2 Å². The van der Waals surface area contributed by atoms with Crippen LogP contribution in [0.3, 0.4) is 0 Å². The number of rotatable bonds is 5. The minimum absolute atomic E-state index is 0.0208. The van der Waals surface area contributed by atoms with Crippen LogP contribution in [0.25, 0.3) is 4.85 Å². The first-order valence-corrected chi connectivity index (χ1v) is 8.29. The van der Waals surface area contributed by atoms with E-state index < -0.39 is 22.4 Å². The van der Waals surface area contributed by atoms with Gasteiger partial charge in [0.25, 0.3) is 11.4 Å². The molecule has 0 aliphatic heterocycles. The van der Waals surface area contributed by atoms with Crippen LogP contribution in [0.1, 0.15) is 23.4 Å². The molecule has 1 aromatic carbocycles. The van der Waals surface area contributed by atoms with E-state index in [0.29, 0.717) is 10.6 Å². The average Bonchev–Trinajstić information content (AvgIpc) is 3.09. The van der Waals surface area contributed by atoms with Crippen molar-refractivity contribution in [3.8, 4) is 0 Å². The molecule has 2 heterocycles. The SMILES string of the molecule is [C-]#[N+]c1[nH]c(=O)n(Cc2nc(C[C@H](O)c3ccc(Cl)cc3)no2)c(=O)c1Cl. The number of nitrogens with zero attached hydrogens (tertiary/aromatic N) is 4. The second-order valence-corrected chi connectivity index (χ2v) is 6.29. The average molecular weight is 408 g/mol. The third-order valence-electron chi connectivity index (χ3n) is 3.66. The van der Waals surface area contributed by atoms with Gasteiger partial charge in [0.15, 0.2) is 5.82 Å². The summed E-state index contributed by atoms with van der Waals surface area (Å²) in [5, 5.41) is 14.1. The largest absolute Gasteiger partial charge is 0.401 e. The summed E-state index contributed by atoms with van der Waals surface area (Å²) in [4.78, 5) is 33.3. The topological polar surface area (TPSA) is 118 Å². The number of halogens is 2. The molecule has 0 saturated carbocycles. The second kappa shape index (κ2) is 7.75. The van der Waals surface area contributed by atoms with Gasteiger partial charge in [-0.25, -0.2) is 9.36 Å². The Labute approximate surface area is 161 Å². The molecule has 3 aromatic rings. The Morgan fingerprint density at radius 3 is 2.67 bits per heavy atom. The predicted molar refractivity (Wildman–Crippen MR) is 96.1 cm³/mol. The molecule has 0 aliphatic carbocycles. The number of H-pyrrole nitrogens is 1. The van der Waals surface area contributed by atoms with Gasteiger partial charge in [-0.05, 0) is 17.7 Å². The fraction of sp³-hybridized carbons (Fsp3) is 0.188. The standard InChI is InChI=1S/C16H11Cl2N5O4/c1-19-14-13(18)15(25)23(16(26)21-14)7-12-20-11(22-27-12)6-10(24)8-2-4-9(17)5-3-8/h2-5,10,24H,6-7H2,(H,21,26)/t10-/m0/s1. The molecular weight excluding hydrogens is 397 g/mol. The summed E-state index contributed by atoms with van der Waals surface area (Å²) in [6.07, 6.45) is -0.820. The van der Waals surface area contributed by atoms with Crippen molar-refractivity contribution in [2.24, 2.45) is 0 Å². The molecule has 1 atom stereocenters. The van der Waals surface area contributed by atoms with Gasteiger partial charge in [-0.15, -0.1) is 0 Å². The number of aromatic nitrogens is 4. The first-order chi connectivity index (χ1) is 12.9. The Balaban J connectivity index is 1.78. The van der Waals surface area contributed by atoms with Crippen LogP contribution in [0, 0.1) is 6.57 Å². The summed E-state index contributed by atoms with van der Waals surface area (Å²) in [6, 6.07) is 6.65. The van der Waals surface area contributed by atoms with E-state index in [-0.39, 0.29) is 30.5 Å². The summed E-state index contributed by atoms with van der Waals surface area (Å²) in [5.41, 5.74) is -1.04. The number of benzene rings is 1. The molecule has 11 heteroatoms. The maximum atomic E-state index is 12.1. The van der Waals surface area contributed by atoms with Crippen LogP contribution >= 0.6 is 23.2 Å². The van der Waals surface area contributed by atoms with Crippen molar-refractivity contribution in [2.75, 3.05) is 0 Å². The molecule has 27 heavy (non-hydrogen) atoms. The molecule has 2 N–H and O–H groups in total. The Hall–Kier alpha value is -2.93. The maximum Gasteiger partial charge on any atom is 0.401 e. The molecule has 0 amide bonds. The normalized spacial score (nSPS) is 11.9. The molecule has 0 radical (unpaired) electrons. The van der Waals surface area contributed by atoms with Crippen molar-refractivity contribution in [1.29, 1.82) is 0 Å². The monoisotopic (exact) mass is 407 g/mol. The quantitative estimate of drug-likeness (QED) is 0.625. The highest BCUT2D eigenvalue weighted by Crippen LogP contribution is 2.19. The highest BCUT2D eigenvalue weighted by atomic mass is 35.5. The van der Waals surface area contributed by atoms with Gasteiger partial charge >= 0.3 is 5.69 Å². The third kappa shape index (κ3) is 4.09. The fourth-order valence-electron chi connectivity index (χ4n) is 2.30. The minimum atomic E-state index is -0.883. The van der Waals surface area contributed by atoms with E-state index in [9.17, 15) is 14.7 Å². The lowest BCUT2D eigenvalue weighted by Gasteiger charge is -2.08. The van der Waals surface area contributed by atoms with Crippen molar-refractivity contribution in [2.45, 2.75) is 19.1 Å². The van der Waals surface area contributed by atoms with Gasteiger partial charge < -0.3 is 14.5 Å². The van der Waals surface area contributed by atoms with Crippen LogP contribution in [-0.2, 0) is 13.0 Å². The van der Waals surface area contributed by atoms with Gasteiger partial charge in [0.05, 0.1) is 6.10 Å². The number of nitrogens with one attached hydrogen (secondary N) is 1. The highest BCUT2D eigenvalue weighted by Gasteiger charge is 2.17. The molecule has 0 aliphatic rings. The fourth-order valence-corrected chi connectivity index (χ4v) is 2.62. The van der Waals surface area contributed by atoms with Gasteiger partial charge in [-0.2, -0.15) is 4.98 Å². The highest BCUT2D eigenvalue weighted by molar-refractivity contribution is 6.32. The van der Waals surface area contributed by atoms with Crippen molar-refractivity contribution in [3.05, 3.63) is 83.8 Å². The molecule has 0 bridgehead atoms. The molecule has 0 unspecified atom stereocenters.